The molecule has 1 aromatic heterocycles. The van der Waals surface area contributed by atoms with E-state index in [1.807, 2.05) is 13.2 Å². The van der Waals surface area contributed by atoms with Gasteiger partial charge in [0.25, 0.3) is 0 Å². The highest BCUT2D eigenvalue weighted by atomic mass is 79.9. The standard InChI is InChI=1S/C14H19Br2N3O/c1-17-8-12-14(13-11(16)6-9(15)7-18-13)19(4-5-20-12)10-2-3-10/h6-7,10,12,14,17H,2-5,8H2,1H3. The highest BCUT2D eigenvalue weighted by Gasteiger charge is 2.42. The van der Waals surface area contributed by atoms with E-state index >= 15 is 0 Å². The third kappa shape index (κ3) is 3.09. The van der Waals surface area contributed by atoms with Crippen LogP contribution in [-0.4, -0.2) is 48.8 Å². The van der Waals surface area contributed by atoms with Crippen LogP contribution in [-0.2, 0) is 4.74 Å². The summed E-state index contributed by atoms with van der Waals surface area (Å²) in [6.07, 6.45) is 4.63. The lowest BCUT2D eigenvalue weighted by atomic mass is 10.0. The smallest absolute Gasteiger partial charge is 0.0912 e. The molecule has 2 unspecified atom stereocenters. The number of pyridine rings is 1. The Balaban J connectivity index is 1.93. The molecule has 20 heavy (non-hydrogen) atoms. The van der Waals surface area contributed by atoms with E-state index in [0.29, 0.717) is 6.04 Å². The summed E-state index contributed by atoms with van der Waals surface area (Å²) in [4.78, 5) is 7.23. The van der Waals surface area contributed by atoms with Crippen molar-refractivity contribution in [2.24, 2.45) is 0 Å². The van der Waals surface area contributed by atoms with E-state index in [9.17, 15) is 0 Å². The number of nitrogens with zero attached hydrogens (tertiary/aromatic N) is 2. The van der Waals surface area contributed by atoms with Gasteiger partial charge in [-0.1, -0.05) is 0 Å². The number of hydrogen-bond donors (Lipinski definition) is 1. The molecule has 110 valence electrons. The molecule has 6 heteroatoms. The summed E-state index contributed by atoms with van der Waals surface area (Å²) in [5.41, 5.74) is 1.08. The number of nitrogens with one attached hydrogen (secondary N) is 1. The second kappa shape index (κ2) is 6.40. The molecule has 2 heterocycles. The fourth-order valence-corrected chi connectivity index (χ4v) is 4.14. The molecule has 2 fully saturated rings. The largest absolute Gasteiger partial charge is 0.374 e. The van der Waals surface area contributed by atoms with Crippen LogP contribution in [0, 0.1) is 0 Å². The van der Waals surface area contributed by atoms with Gasteiger partial charge in [-0.3, -0.25) is 9.88 Å². The summed E-state index contributed by atoms with van der Waals surface area (Å²) in [6.45, 7) is 2.66. The molecular formula is C14H19Br2N3O. The first kappa shape index (κ1) is 14.9. The van der Waals surface area contributed by atoms with Gasteiger partial charge in [-0.2, -0.15) is 0 Å². The predicted octanol–water partition coefficient (Wildman–Crippen LogP) is 2.73. The van der Waals surface area contributed by atoms with Crippen molar-refractivity contribution in [2.45, 2.75) is 31.0 Å². The Morgan fingerprint density at radius 3 is 2.90 bits per heavy atom. The van der Waals surface area contributed by atoms with Gasteiger partial charge >= 0.3 is 0 Å². The quantitative estimate of drug-likeness (QED) is 0.837. The van der Waals surface area contributed by atoms with E-state index in [0.717, 1.165) is 34.3 Å². The number of aromatic nitrogens is 1. The van der Waals surface area contributed by atoms with Gasteiger partial charge in [-0.25, -0.2) is 0 Å². The molecule has 2 atom stereocenters. The lowest BCUT2D eigenvalue weighted by molar-refractivity contribution is -0.0755. The SMILES string of the molecule is CNCC1OCCN(C2CC2)C1c1ncc(Br)cc1Br. The summed E-state index contributed by atoms with van der Waals surface area (Å²) in [6, 6.07) is 3.00. The lowest BCUT2D eigenvalue weighted by Crippen LogP contribution is -2.49. The molecule has 2 aliphatic rings. The Morgan fingerprint density at radius 1 is 1.45 bits per heavy atom. The number of morpholine rings is 1. The van der Waals surface area contributed by atoms with Gasteiger partial charge in [0.2, 0.25) is 0 Å². The second-order valence-corrected chi connectivity index (χ2v) is 7.17. The number of halogens is 2. The molecule has 4 nitrogen and oxygen atoms in total. The molecule has 0 amide bonds. The van der Waals surface area contributed by atoms with Crippen LogP contribution in [0.3, 0.4) is 0 Å². The summed E-state index contributed by atoms with van der Waals surface area (Å²) in [7, 11) is 1.97. The molecular weight excluding hydrogens is 386 g/mol. The van der Waals surface area contributed by atoms with Gasteiger partial charge < -0.3 is 10.1 Å². The van der Waals surface area contributed by atoms with Gasteiger partial charge in [-0.15, -0.1) is 0 Å². The zero-order chi connectivity index (χ0) is 14.1. The molecule has 1 aromatic rings. The molecule has 1 saturated heterocycles. The van der Waals surface area contributed by atoms with E-state index < -0.39 is 0 Å². The first-order chi connectivity index (χ1) is 9.70. The van der Waals surface area contributed by atoms with Crippen molar-refractivity contribution in [3.63, 3.8) is 0 Å². The van der Waals surface area contributed by atoms with Gasteiger partial charge in [0.15, 0.2) is 0 Å². The van der Waals surface area contributed by atoms with Crippen LogP contribution in [0.25, 0.3) is 0 Å². The summed E-state index contributed by atoms with van der Waals surface area (Å²) in [5.74, 6) is 0. The van der Waals surface area contributed by atoms with Crippen LogP contribution < -0.4 is 5.32 Å². The predicted molar refractivity (Wildman–Crippen MR) is 85.8 cm³/mol. The van der Waals surface area contributed by atoms with Gasteiger partial charge in [0.05, 0.1) is 24.4 Å². The highest BCUT2D eigenvalue weighted by molar-refractivity contribution is 9.11. The topological polar surface area (TPSA) is 37.4 Å². The Labute approximate surface area is 136 Å². The average molecular weight is 405 g/mol. The fraction of sp³-hybridized carbons (Fsp3) is 0.643. The molecule has 1 aliphatic heterocycles. The molecule has 1 N–H and O–H groups in total. The van der Waals surface area contributed by atoms with Crippen molar-refractivity contribution < 1.29 is 4.74 Å². The van der Waals surface area contributed by atoms with E-state index in [1.165, 1.54) is 12.8 Å². The van der Waals surface area contributed by atoms with Crippen LogP contribution in [0.15, 0.2) is 21.2 Å². The van der Waals surface area contributed by atoms with Crippen LogP contribution >= 0.6 is 31.9 Å². The molecule has 1 aliphatic carbocycles. The molecule has 0 bridgehead atoms. The van der Waals surface area contributed by atoms with Crippen molar-refractivity contribution >= 4 is 31.9 Å². The van der Waals surface area contributed by atoms with Crippen LogP contribution in [0.5, 0.6) is 0 Å². The molecule has 1 saturated carbocycles. The van der Waals surface area contributed by atoms with Gasteiger partial charge in [-0.05, 0) is 57.8 Å². The maximum absolute atomic E-state index is 6.00. The van der Waals surface area contributed by atoms with Crippen molar-refractivity contribution in [3.8, 4) is 0 Å². The highest BCUT2D eigenvalue weighted by Crippen LogP contribution is 2.40. The van der Waals surface area contributed by atoms with Crippen molar-refractivity contribution in [2.75, 3.05) is 26.7 Å². The fourth-order valence-electron chi connectivity index (χ4n) is 2.92. The van der Waals surface area contributed by atoms with E-state index in [2.05, 4.69) is 53.1 Å². The van der Waals surface area contributed by atoms with Crippen molar-refractivity contribution in [3.05, 3.63) is 26.9 Å². The monoisotopic (exact) mass is 403 g/mol. The molecule has 3 rings (SSSR count). The third-order valence-electron chi connectivity index (χ3n) is 3.93. The minimum absolute atomic E-state index is 0.152. The number of likely N-dealkylation sites (N-methyl/N-ethyl adjacent to an activating group) is 1. The Kier molecular flexibility index (Phi) is 4.77. The maximum atomic E-state index is 6.00. The zero-order valence-electron chi connectivity index (χ0n) is 11.5. The van der Waals surface area contributed by atoms with Crippen LogP contribution in [0.2, 0.25) is 0 Å². The normalized spacial score (nSPS) is 27.8. The second-order valence-electron chi connectivity index (χ2n) is 5.40. The first-order valence-electron chi connectivity index (χ1n) is 7.03. The zero-order valence-corrected chi connectivity index (χ0v) is 14.7. The first-order valence-corrected chi connectivity index (χ1v) is 8.62. The van der Waals surface area contributed by atoms with Crippen molar-refractivity contribution in [1.82, 2.24) is 15.2 Å². The van der Waals surface area contributed by atoms with Crippen LogP contribution in [0.4, 0.5) is 0 Å². The van der Waals surface area contributed by atoms with Crippen molar-refractivity contribution in [1.29, 1.82) is 0 Å². The lowest BCUT2D eigenvalue weighted by Gasteiger charge is -2.41. The third-order valence-corrected chi connectivity index (χ3v) is 5.00. The summed E-state index contributed by atoms with van der Waals surface area (Å²) < 4.78 is 8.05. The molecule has 0 spiro atoms. The Hall–Kier alpha value is -0.0100. The summed E-state index contributed by atoms with van der Waals surface area (Å²) >= 11 is 7.14. The Morgan fingerprint density at radius 2 is 2.25 bits per heavy atom. The summed E-state index contributed by atoms with van der Waals surface area (Å²) in [5, 5.41) is 3.24. The van der Waals surface area contributed by atoms with E-state index in [-0.39, 0.29) is 12.1 Å². The Bertz CT molecular complexity index is 479. The number of hydrogen-bond acceptors (Lipinski definition) is 4. The maximum Gasteiger partial charge on any atom is 0.0912 e. The molecule has 0 aromatic carbocycles. The number of rotatable bonds is 4. The van der Waals surface area contributed by atoms with Crippen LogP contribution in [0.1, 0.15) is 24.6 Å². The van der Waals surface area contributed by atoms with Gasteiger partial charge in [0.1, 0.15) is 0 Å². The average Bonchev–Trinajstić information content (AvgIpc) is 3.24. The molecule has 0 radical (unpaired) electrons. The van der Waals surface area contributed by atoms with E-state index in [1.54, 1.807) is 0 Å². The number of ether oxygens (including phenoxy) is 1. The minimum Gasteiger partial charge on any atom is -0.374 e. The van der Waals surface area contributed by atoms with E-state index in [4.69, 9.17) is 4.74 Å². The van der Waals surface area contributed by atoms with Gasteiger partial charge in [0, 0.05) is 34.3 Å². The minimum atomic E-state index is 0.152.